The average Bonchev–Trinajstić information content (AvgIpc) is 2.98. The Hall–Kier alpha value is -1.37. The fourth-order valence-electron chi connectivity index (χ4n) is 2.48. The van der Waals surface area contributed by atoms with Crippen LogP contribution in [0.4, 0.5) is 0 Å². The lowest BCUT2D eigenvalue weighted by Gasteiger charge is -2.22. The van der Waals surface area contributed by atoms with Crippen LogP contribution >= 0.6 is 0 Å². The van der Waals surface area contributed by atoms with Gasteiger partial charge in [-0.05, 0) is 25.3 Å². The van der Waals surface area contributed by atoms with E-state index in [0.717, 1.165) is 18.5 Å². The molecule has 1 N–H and O–H groups in total. The van der Waals surface area contributed by atoms with E-state index in [1.54, 1.807) is 13.1 Å². The predicted octanol–water partition coefficient (Wildman–Crippen LogP) is 0.546. The Morgan fingerprint density at radius 3 is 2.74 bits per heavy atom. The van der Waals surface area contributed by atoms with Crippen LogP contribution in [0.3, 0.4) is 0 Å². The first-order valence-corrected chi connectivity index (χ1v) is 8.31. The molecule has 1 aromatic heterocycles. The highest BCUT2D eigenvalue weighted by Gasteiger charge is 2.34. The highest BCUT2D eigenvalue weighted by molar-refractivity contribution is 7.91. The normalized spacial score (nSPS) is 25.4. The van der Waals surface area contributed by atoms with E-state index in [-0.39, 0.29) is 23.5 Å². The molecule has 19 heavy (non-hydrogen) atoms. The topological polar surface area (TPSA) is 83.1 Å². The largest absolute Gasteiger partial charge is 0.336 e. The summed E-state index contributed by atoms with van der Waals surface area (Å²) in [7, 11) is -1.32. The quantitative estimate of drug-likeness (QED) is 0.878. The summed E-state index contributed by atoms with van der Waals surface area (Å²) in [4.78, 5) is 13.8. The van der Waals surface area contributed by atoms with Gasteiger partial charge in [0.2, 0.25) is 0 Å². The number of nitrogens with one attached hydrogen (secondary N) is 1. The van der Waals surface area contributed by atoms with Gasteiger partial charge in [-0.2, -0.15) is 5.10 Å². The Kier molecular flexibility index (Phi) is 2.88. The lowest BCUT2D eigenvalue weighted by molar-refractivity contribution is 0.0741. The number of H-pyrrole nitrogens is 1. The Labute approximate surface area is 112 Å². The molecule has 3 rings (SSSR count). The van der Waals surface area contributed by atoms with Crippen LogP contribution in [0.2, 0.25) is 0 Å². The van der Waals surface area contributed by atoms with E-state index >= 15 is 0 Å². The molecule has 1 aliphatic heterocycles. The number of nitrogens with zero attached hydrogens (tertiary/aromatic N) is 2. The molecule has 6 nitrogen and oxygen atoms in total. The first kappa shape index (κ1) is 12.7. The van der Waals surface area contributed by atoms with Crippen molar-refractivity contribution in [3.05, 3.63) is 17.5 Å². The first-order valence-electron chi connectivity index (χ1n) is 6.49. The number of sulfone groups is 1. The summed E-state index contributed by atoms with van der Waals surface area (Å²) in [6, 6.07) is 1.57. The van der Waals surface area contributed by atoms with Gasteiger partial charge in [0.15, 0.2) is 9.84 Å². The van der Waals surface area contributed by atoms with Crippen molar-refractivity contribution in [3.63, 3.8) is 0 Å². The summed E-state index contributed by atoms with van der Waals surface area (Å²) in [6.07, 6.45) is 2.81. The summed E-state index contributed by atoms with van der Waals surface area (Å²) in [6.45, 7) is 0. The van der Waals surface area contributed by atoms with E-state index in [1.807, 2.05) is 0 Å². The molecule has 2 aliphatic rings. The van der Waals surface area contributed by atoms with E-state index < -0.39 is 9.84 Å². The number of carbonyl (C=O) groups is 1. The number of aromatic nitrogens is 2. The molecule has 1 atom stereocenters. The standard InChI is InChI=1S/C12H17N3O3S/c1-15(9-4-5-19(17,18)7-9)12(16)11-6-10(13-14-11)8-2-3-8/h6,8-9H,2-5,7H2,1H3,(H,13,14)/t9-/m1/s1. The van der Waals surface area contributed by atoms with Crippen molar-refractivity contribution < 1.29 is 13.2 Å². The van der Waals surface area contributed by atoms with Gasteiger partial charge in [-0.3, -0.25) is 9.89 Å². The molecule has 7 heteroatoms. The number of amides is 1. The van der Waals surface area contributed by atoms with Crippen molar-refractivity contribution in [2.24, 2.45) is 0 Å². The van der Waals surface area contributed by atoms with Gasteiger partial charge in [0, 0.05) is 24.7 Å². The van der Waals surface area contributed by atoms with Crippen molar-refractivity contribution in [2.75, 3.05) is 18.6 Å². The number of rotatable bonds is 3. The van der Waals surface area contributed by atoms with E-state index in [2.05, 4.69) is 10.2 Å². The lowest BCUT2D eigenvalue weighted by Crippen LogP contribution is -2.38. The van der Waals surface area contributed by atoms with Crippen LogP contribution in [0.1, 0.15) is 41.4 Å². The van der Waals surface area contributed by atoms with Gasteiger partial charge in [0.05, 0.1) is 11.5 Å². The second kappa shape index (κ2) is 4.33. The zero-order chi connectivity index (χ0) is 13.6. The van der Waals surface area contributed by atoms with Crippen LogP contribution in [-0.4, -0.2) is 54.0 Å². The van der Waals surface area contributed by atoms with Crippen LogP contribution in [0, 0.1) is 0 Å². The molecule has 0 unspecified atom stereocenters. The predicted molar refractivity (Wildman–Crippen MR) is 69.7 cm³/mol. The van der Waals surface area contributed by atoms with Gasteiger partial charge >= 0.3 is 0 Å². The van der Waals surface area contributed by atoms with Crippen LogP contribution in [0.15, 0.2) is 6.07 Å². The second-order valence-corrected chi connectivity index (χ2v) is 7.68. The van der Waals surface area contributed by atoms with Gasteiger partial charge in [0.25, 0.3) is 5.91 Å². The molecule has 2 heterocycles. The number of aromatic amines is 1. The fraction of sp³-hybridized carbons (Fsp3) is 0.667. The molecular formula is C12H17N3O3S. The van der Waals surface area contributed by atoms with Gasteiger partial charge in [0.1, 0.15) is 5.69 Å². The minimum absolute atomic E-state index is 0.0646. The molecule has 1 aliphatic carbocycles. The fourth-order valence-corrected chi connectivity index (χ4v) is 4.25. The van der Waals surface area contributed by atoms with Crippen LogP contribution in [0.25, 0.3) is 0 Å². The Balaban J connectivity index is 1.72. The smallest absolute Gasteiger partial charge is 0.274 e. The molecule has 0 spiro atoms. The lowest BCUT2D eigenvalue weighted by atomic mass is 10.2. The molecule has 0 bridgehead atoms. The third-order valence-electron chi connectivity index (χ3n) is 3.91. The van der Waals surface area contributed by atoms with Gasteiger partial charge in [-0.1, -0.05) is 0 Å². The van der Waals surface area contributed by atoms with Gasteiger partial charge < -0.3 is 4.90 Å². The molecule has 1 aromatic rings. The summed E-state index contributed by atoms with van der Waals surface area (Å²) in [5.74, 6) is 0.551. The third-order valence-corrected chi connectivity index (χ3v) is 5.66. The number of hydrogen-bond acceptors (Lipinski definition) is 4. The number of carbonyl (C=O) groups excluding carboxylic acids is 1. The molecule has 0 aromatic carbocycles. The Morgan fingerprint density at radius 1 is 1.42 bits per heavy atom. The maximum absolute atomic E-state index is 12.2. The molecular weight excluding hydrogens is 266 g/mol. The summed E-state index contributed by atoms with van der Waals surface area (Å²) >= 11 is 0. The van der Waals surface area contributed by atoms with E-state index in [4.69, 9.17) is 0 Å². The summed E-state index contributed by atoms with van der Waals surface area (Å²) in [5, 5.41) is 6.94. The minimum Gasteiger partial charge on any atom is -0.336 e. The van der Waals surface area contributed by atoms with Crippen molar-refractivity contribution in [3.8, 4) is 0 Å². The van der Waals surface area contributed by atoms with Crippen LogP contribution < -0.4 is 0 Å². The molecule has 1 amide bonds. The second-order valence-electron chi connectivity index (χ2n) is 5.46. The SMILES string of the molecule is CN(C(=O)c1cc(C2CC2)[nH]n1)[C@@H]1CCS(=O)(=O)C1. The molecule has 0 radical (unpaired) electrons. The highest BCUT2D eigenvalue weighted by atomic mass is 32.2. The molecule has 2 fully saturated rings. The molecule has 1 saturated heterocycles. The van der Waals surface area contributed by atoms with Crippen LogP contribution in [-0.2, 0) is 9.84 Å². The molecule has 104 valence electrons. The van der Waals surface area contributed by atoms with Gasteiger partial charge in [-0.15, -0.1) is 0 Å². The van der Waals surface area contributed by atoms with E-state index in [1.165, 1.54) is 4.90 Å². The summed E-state index contributed by atoms with van der Waals surface area (Å²) < 4.78 is 22.9. The molecule has 1 saturated carbocycles. The first-order chi connectivity index (χ1) is 8.96. The maximum atomic E-state index is 12.2. The highest BCUT2D eigenvalue weighted by Crippen LogP contribution is 2.39. The van der Waals surface area contributed by atoms with Crippen molar-refractivity contribution in [2.45, 2.75) is 31.2 Å². The maximum Gasteiger partial charge on any atom is 0.274 e. The van der Waals surface area contributed by atoms with E-state index in [0.29, 0.717) is 18.0 Å². The minimum atomic E-state index is -2.98. The average molecular weight is 283 g/mol. The third kappa shape index (κ3) is 2.51. The zero-order valence-corrected chi connectivity index (χ0v) is 11.6. The zero-order valence-electron chi connectivity index (χ0n) is 10.8. The van der Waals surface area contributed by atoms with Crippen molar-refractivity contribution in [1.29, 1.82) is 0 Å². The Morgan fingerprint density at radius 2 is 2.16 bits per heavy atom. The van der Waals surface area contributed by atoms with Crippen molar-refractivity contribution in [1.82, 2.24) is 15.1 Å². The van der Waals surface area contributed by atoms with Gasteiger partial charge in [-0.25, -0.2) is 8.42 Å². The Bertz CT molecular complexity index is 603. The summed E-state index contributed by atoms with van der Waals surface area (Å²) in [5.41, 5.74) is 1.39. The monoisotopic (exact) mass is 283 g/mol. The number of hydrogen-bond donors (Lipinski definition) is 1. The van der Waals surface area contributed by atoms with Crippen LogP contribution in [0.5, 0.6) is 0 Å². The van der Waals surface area contributed by atoms with Crippen molar-refractivity contribution >= 4 is 15.7 Å². The van der Waals surface area contributed by atoms with E-state index in [9.17, 15) is 13.2 Å².